The van der Waals surface area contributed by atoms with Crippen molar-refractivity contribution in [2.75, 3.05) is 32.6 Å². The van der Waals surface area contributed by atoms with Gasteiger partial charge >= 0.3 is 5.97 Å². The lowest BCUT2D eigenvalue weighted by Gasteiger charge is -2.17. The summed E-state index contributed by atoms with van der Waals surface area (Å²) in [5.74, 6) is -1.21. The van der Waals surface area contributed by atoms with Gasteiger partial charge < -0.3 is 14.5 Å². The summed E-state index contributed by atoms with van der Waals surface area (Å²) in [6.45, 7) is -0.0891. The van der Waals surface area contributed by atoms with Gasteiger partial charge in [-0.1, -0.05) is 35.9 Å². The van der Waals surface area contributed by atoms with Gasteiger partial charge in [0.15, 0.2) is 6.61 Å². The standard InChI is InChI=1S/C22H22ClN3O3/c1-25(2)20-10-6-16(7-11-20)12-18(13-24)22(28)29-15-21(27)26(3)14-17-4-8-19(23)9-5-17/h4-12H,14-15H2,1-3H3/b18-12+. The van der Waals surface area contributed by atoms with Crippen LogP contribution in [0, 0.1) is 11.3 Å². The molecule has 7 heteroatoms. The molecule has 0 atom stereocenters. The van der Waals surface area contributed by atoms with Crippen molar-refractivity contribution in [1.29, 1.82) is 5.26 Å². The molecule has 0 N–H and O–H groups in total. The Morgan fingerprint density at radius 1 is 1.07 bits per heavy atom. The second-order valence-corrected chi connectivity index (χ2v) is 7.04. The number of carbonyl (C=O) groups is 2. The lowest BCUT2D eigenvalue weighted by molar-refractivity contribution is -0.148. The average Bonchev–Trinajstić information content (AvgIpc) is 2.71. The quantitative estimate of drug-likeness (QED) is 0.396. The first-order chi connectivity index (χ1) is 13.8. The number of rotatable bonds is 7. The zero-order valence-electron chi connectivity index (χ0n) is 16.6. The number of nitrogens with zero attached hydrogens (tertiary/aromatic N) is 3. The van der Waals surface area contributed by atoms with Crippen LogP contribution >= 0.6 is 11.6 Å². The van der Waals surface area contributed by atoms with Gasteiger partial charge in [0.25, 0.3) is 5.91 Å². The molecule has 0 saturated carbocycles. The van der Waals surface area contributed by atoms with E-state index in [2.05, 4.69) is 0 Å². The van der Waals surface area contributed by atoms with E-state index >= 15 is 0 Å². The van der Waals surface area contributed by atoms with Crippen molar-refractivity contribution >= 4 is 35.2 Å². The van der Waals surface area contributed by atoms with E-state index < -0.39 is 12.6 Å². The van der Waals surface area contributed by atoms with Crippen LogP contribution in [-0.4, -0.2) is 44.5 Å². The maximum atomic E-state index is 12.2. The Morgan fingerprint density at radius 3 is 2.24 bits per heavy atom. The van der Waals surface area contributed by atoms with Gasteiger partial charge in [0.2, 0.25) is 0 Å². The lowest BCUT2D eigenvalue weighted by Crippen LogP contribution is -2.31. The van der Waals surface area contributed by atoms with Crippen LogP contribution < -0.4 is 4.90 Å². The van der Waals surface area contributed by atoms with E-state index in [1.165, 1.54) is 11.0 Å². The van der Waals surface area contributed by atoms with E-state index in [0.717, 1.165) is 11.3 Å². The molecule has 1 amide bonds. The Kier molecular flexibility index (Phi) is 7.81. The molecule has 150 valence electrons. The first-order valence-corrected chi connectivity index (χ1v) is 9.22. The molecule has 0 aliphatic heterocycles. The molecule has 0 aliphatic carbocycles. The third-order valence-corrected chi connectivity index (χ3v) is 4.40. The number of esters is 1. The van der Waals surface area contributed by atoms with Crippen molar-refractivity contribution in [3.8, 4) is 6.07 Å². The molecule has 2 aromatic carbocycles. The maximum absolute atomic E-state index is 12.2. The van der Waals surface area contributed by atoms with Crippen molar-refractivity contribution < 1.29 is 14.3 Å². The van der Waals surface area contributed by atoms with Crippen molar-refractivity contribution in [2.45, 2.75) is 6.54 Å². The summed E-state index contributed by atoms with van der Waals surface area (Å²) in [6, 6.07) is 16.3. The molecule has 0 saturated heterocycles. The predicted molar refractivity (Wildman–Crippen MR) is 113 cm³/mol. The Morgan fingerprint density at radius 2 is 1.69 bits per heavy atom. The SMILES string of the molecule is CN(Cc1ccc(Cl)cc1)C(=O)COC(=O)/C(C#N)=C/c1ccc(N(C)C)cc1. The van der Waals surface area contributed by atoms with E-state index in [-0.39, 0.29) is 11.5 Å². The fourth-order valence-electron chi connectivity index (χ4n) is 2.44. The Balaban J connectivity index is 1.94. The lowest BCUT2D eigenvalue weighted by atomic mass is 10.1. The highest BCUT2D eigenvalue weighted by Gasteiger charge is 2.16. The van der Waals surface area contributed by atoms with E-state index in [9.17, 15) is 14.9 Å². The van der Waals surface area contributed by atoms with E-state index in [1.54, 1.807) is 31.3 Å². The number of halogens is 1. The summed E-state index contributed by atoms with van der Waals surface area (Å²) in [4.78, 5) is 27.8. The number of hydrogen-bond donors (Lipinski definition) is 0. The van der Waals surface area contributed by atoms with E-state index in [4.69, 9.17) is 16.3 Å². The van der Waals surface area contributed by atoms with Crippen LogP contribution in [-0.2, 0) is 20.9 Å². The number of benzene rings is 2. The smallest absolute Gasteiger partial charge is 0.349 e. The molecule has 0 radical (unpaired) electrons. The molecule has 0 aromatic heterocycles. The molecule has 0 aliphatic rings. The van der Waals surface area contributed by atoms with Gasteiger partial charge in [0, 0.05) is 38.4 Å². The minimum Gasteiger partial charge on any atom is -0.451 e. The summed E-state index contributed by atoms with van der Waals surface area (Å²) in [6.07, 6.45) is 1.43. The van der Waals surface area contributed by atoms with Gasteiger partial charge in [-0.05, 0) is 41.5 Å². The molecule has 0 bridgehead atoms. The summed E-state index contributed by atoms with van der Waals surface area (Å²) >= 11 is 5.85. The van der Waals surface area contributed by atoms with Gasteiger partial charge in [0.1, 0.15) is 11.6 Å². The predicted octanol–water partition coefficient (Wildman–Crippen LogP) is 3.51. The molecule has 0 spiro atoms. The molecule has 29 heavy (non-hydrogen) atoms. The van der Waals surface area contributed by atoms with Crippen LogP contribution in [0.25, 0.3) is 6.08 Å². The zero-order chi connectivity index (χ0) is 21.4. The van der Waals surface area contributed by atoms with Crippen LogP contribution in [0.15, 0.2) is 54.1 Å². The van der Waals surface area contributed by atoms with Crippen LogP contribution in [0.2, 0.25) is 5.02 Å². The number of nitriles is 1. The Bertz CT molecular complexity index is 929. The number of anilines is 1. The summed E-state index contributed by atoms with van der Waals surface area (Å²) in [5, 5.41) is 9.87. The van der Waals surface area contributed by atoms with Crippen molar-refractivity contribution in [3.63, 3.8) is 0 Å². The fraction of sp³-hybridized carbons (Fsp3) is 0.227. The van der Waals surface area contributed by atoms with E-state index in [1.807, 2.05) is 49.3 Å². The molecular weight excluding hydrogens is 390 g/mol. The third-order valence-electron chi connectivity index (χ3n) is 4.15. The maximum Gasteiger partial charge on any atom is 0.349 e. The van der Waals surface area contributed by atoms with Crippen LogP contribution in [0.4, 0.5) is 5.69 Å². The van der Waals surface area contributed by atoms with Crippen LogP contribution in [0.3, 0.4) is 0 Å². The van der Waals surface area contributed by atoms with Gasteiger partial charge in [-0.25, -0.2) is 4.79 Å². The number of hydrogen-bond acceptors (Lipinski definition) is 5. The highest BCUT2D eigenvalue weighted by Crippen LogP contribution is 2.15. The first kappa shape index (κ1) is 22.0. The average molecular weight is 412 g/mol. The van der Waals surface area contributed by atoms with Gasteiger partial charge in [0.05, 0.1) is 0 Å². The Labute approximate surface area is 175 Å². The highest BCUT2D eigenvalue weighted by molar-refractivity contribution is 6.30. The largest absolute Gasteiger partial charge is 0.451 e. The molecule has 2 rings (SSSR count). The zero-order valence-corrected chi connectivity index (χ0v) is 17.3. The summed E-state index contributed by atoms with van der Waals surface area (Å²) < 4.78 is 5.02. The minimum absolute atomic E-state index is 0.171. The number of amides is 1. The Hall–Kier alpha value is -3.30. The van der Waals surface area contributed by atoms with Crippen LogP contribution in [0.1, 0.15) is 11.1 Å². The highest BCUT2D eigenvalue weighted by atomic mass is 35.5. The molecular formula is C22H22ClN3O3. The molecule has 0 unspecified atom stereocenters. The fourth-order valence-corrected chi connectivity index (χ4v) is 2.57. The molecule has 0 fully saturated rings. The first-order valence-electron chi connectivity index (χ1n) is 8.85. The van der Waals surface area contributed by atoms with Crippen LogP contribution in [0.5, 0.6) is 0 Å². The number of carbonyl (C=O) groups excluding carboxylic acids is 2. The third kappa shape index (κ3) is 6.66. The second kappa shape index (κ2) is 10.3. The summed E-state index contributed by atoms with van der Waals surface area (Å²) in [5.41, 5.74) is 2.42. The molecule has 2 aromatic rings. The molecule has 6 nitrogen and oxygen atoms in total. The van der Waals surface area contributed by atoms with Gasteiger partial charge in [-0.15, -0.1) is 0 Å². The monoisotopic (exact) mass is 411 g/mol. The second-order valence-electron chi connectivity index (χ2n) is 6.61. The normalized spacial score (nSPS) is 10.8. The van der Waals surface area contributed by atoms with Crippen molar-refractivity contribution in [1.82, 2.24) is 4.90 Å². The topological polar surface area (TPSA) is 73.6 Å². The molecule has 0 heterocycles. The van der Waals surface area contributed by atoms with Gasteiger partial charge in [-0.2, -0.15) is 5.26 Å². The summed E-state index contributed by atoms with van der Waals surface area (Å²) in [7, 11) is 5.45. The van der Waals surface area contributed by atoms with E-state index in [0.29, 0.717) is 17.1 Å². The van der Waals surface area contributed by atoms with Crippen molar-refractivity contribution in [3.05, 3.63) is 70.3 Å². The minimum atomic E-state index is -0.836. The van der Waals surface area contributed by atoms with Gasteiger partial charge in [-0.3, -0.25) is 4.79 Å². The number of likely N-dealkylation sites (N-methyl/N-ethyl adjacent to an activating group) is 1. The van der Waals surface area contributed by atoms with Crippen molar-refractivity contribution in [2.24, 2.45) is 0 Å². The number of ether oxygens (including phenoxy) is 1.